The number of hydrogen-bond acceptors (Lipinski definition) is 2. The van der Waals surface area contributed by atoms with Crippen LogP contribution in [0.1, 0.15) is 0 Å². The van der Waals surface area contributed by atoms with Gasteiger partial charge in [-0.15, -0.1) is 0 Å². The molecule has 0 saturated carbocycles. The SMILES string of the molecule is [CH]C(=O)NCC(=O)Nc1ccccc1. The van der Waals surface area contributed by atoms with Crippen LogP contribution in [0.3, 0.4) is 0 Å². The smallest absolute Gasteiger partial charge is 0.243 e. The third kappa shape index (κ3) is 3.71. The van der Waals surface area contributed by atoms with Gasteiger partial charge in [-0.25, -0.2) is 0 Å². The highest BCUT2D eigenvalue weighted by molar-refractivity contribution is 5.94. The van der Waals surface area contributed by atoms with Crippen molar-refractivity contribution in [2.75, 3.05) is 11.9 Å². The van der Waals surface area contributed by atoms with Gasteiger partial charge in [0.05, 0.1) is 13.5 Å². The molecule has 0 unspecified atom stereocenters. The highest BCUT2D eigenvalue weighted by Gasteiger charge is 2.01. The summed E-state index contributed by atoms with van der Waals surface area (Å²) in [5, 5.41) is 4.78. The average molecular weight is 190 g/mol. The van der Waals surface area contributed by atoms with E-state index in [4.69, 9.17) is 6.92 Å². The van der Waals surface area contributed by atoms with Gasteiger partial charge in [0.25, 0.3) is 0 Å². The Labute approximate surface area is 82.3 Å². The van der Waals surface area contributed by atoms with Gasteiger partial charge in [-0.3, -0.25) is 9.59 Å². The van der Waals surface area contributed by atoms with Crippen molar-refractivity contribution < 1.29 is 9.59 Å². The minimum Gasteiger partial charge on any atom is -0.347 e. The molecule has 14 heavy (non-hydrogen) atoms. The van der Waals surface area contributed by atoms with Crippen molar-refractivity contribution in [2.45, 2.75) is 0 Å². The van der Waals surface area contributed by atoms with E-state index < -0.39 is 5.91 Å². The van der Waals surface area contributed by atoms with Crippen LogP contribution < -0.4 is 10.6 Å². The minimum atomic E-state index is -0.715. The average Bonchev–Trinajstić information content (AvgIpc) is 2.16. The maximum atomic E-state index is 11.1. The first-order chi connectivity index (χ1) is 6.68. The Hall–Kier alpha value is -1.84. The summed E-state index contributed by atoms with van der Waals surface area (Å²) in [5.41, 5.74) is 0.684. The van der Waals surface area contributed by atoms with Crippen molar-refractivity contribution in [2.24, 2.45) is 0 Å². The molecule has 0 aliphatic heterocycles. The zero-order valence-electron chi connectivity index (χ0n) is 7.49. The van der Waals surface area contributed by atoms with Crippen molar-refractivity contribution in [1.29, 1.82) is 0 Å². The first kappa shape index (κ1) is 10.2. The summed E-state index contributed by atoms with van der Waals surface area (Å²) in [7, 11) is 0. The molecule has 1 aromatic carbocycles. The van der Waals surface area contributed by atoms with Crippen molar-refractivity contribution in [3.63, 3.8) is 0 Å². The fraction of sp³-hybridized carbons (Fsp3) is 0.100. The molecular formula is C10H10N2O2. The van der Waals surface area contributed by atoms with Crippen molar-refractivity contribution in [3.8, 4) is 0 Å². The molecule has 0 spiro atoms. The molecule has 0 aliphatic rings. The summed E-state index contributed by atoms with van der Waals surface area (Å²) in [6.07, 6.45) is 0. The molecule has 0 heterocycles. The van der Waals surface area contributed by atoms with Gasteiger partial charge in [0.1, 0.15) is 0 Å². The third-order valence-electron chi connectivity index (χ3n) is 1.48. The molecule has 1 rings (SSSR count). The zero-order chi connectivity index (χ0) is 10.4. The molecule has 4 nitrogen and oxygen atoms in total. The lowest BCUT2D eigenvalue weighted by Crippen LogP contribution is -2.31. The van der Waals surface area contributed by atoms with Crippen LogP contribution in [-0.4, -0.2) is 18.4 Å². The number of para-hydroxylation sites is 1. The molecule has 2 amide bonds. The topological polar surface area (TPSA) is 58.2 Å². The second kappa shape index (κ2) is 5.01. The van der Waals surface area contributed by atoms with Gasteiger partial charge in [-0.05, 0) is 12.1 Å². The Morgan fingerprint density at radius 3 is 2.43 bits per heavy atom. The first-order valence-corrected chi connectivity index (χ1v) is 4.06. The normalized spacial score (nSPS) is 9.21. The molecule has 0 aromatic heterocycles. The second-order valence-electron chi connectivity index (χ2n) is 2.63. The van der Waals surface area contributed by atoms with Crippen LogP contribution >= 0.6 is 0 Å². The number of nitrogens with one attached hydrogen (secondary N) is 2. The Kier molecular flexibility index (Phi) is 3.67. The molecule has 0 fully saturated rings. The van der Waals surface area contributed by atoms with Gasteiger partial charge in [-0.2, -0.15) is 0 Å². The predicted molar refractivity (Wildman–Crippen MR) is 52.4 cm³/mol. The quantitative estimate of drug-likeness (QED) is 0.727. The van der Waals surface area contributed by atoms with E-state index in [2.05, 4.69) is 10.6 Å². The third-order valence-corrected chi connectivity index (χ3v) is 1.48. The molecule has 0 aliphatic carbocycles. The molecule has 0 atom stereocenters. The highest BCUT2D eigenvalue weighted by Crippen LogP contribution is 2.03. The molecule has 1 aromatic rings. The maximum absolute atomic E-state index is 11.1. The van der Waals surface area contributed by atoms with Gasteiger partial charge in [0, 0.05) is 5.69 Å². The molecule has 2 N–H and O–H groups in total. The van der Waals surface area contributed by atoms with Gasteiger partial charge in [-0.1, -0.05) is 18.2 Å². The lowest BCUT2D eigenvalue weighted by atomic mass is 10.3. The largest absolute Gasteiger partial charge is 0.347 e. The van der Waals surface area contributed by atoms with Crippen LogP contribution in [-0.2, 0) is 9.59 Å². The molecule has 0 saturated heterocycles. The van der Waals surface area contributed by atoms with Crippen molar-refractivity contribution >= 4 is 17.5 Å². The highest BCUT2D eigenvalue weighted by atomic mass is 16.2. The van der Waals surface area contributed by atoms with Gasteiger partial charge < -0.3 is 10.6 Å². The fourth-order valence-corrected chi connectivity index (χ4v) is 0.894. The van der Waals surface area contributed by atoms with E-state index in [1.165, 1.54) is 0 Å². The van der Waals surface area contributed by atoms with Crippen LogP contribution in [0, 0.1) is 6.92 Å². The number of rotatable bonds is 3. The van der Waals surface area contributed by atoms with E-state index in [1.54, 1.807) is 24.3 Å². The Bertz CT molecular complexity index is 322. The second-order valence-corrected chi connectivity index (χ2v) is 2.63. The van der Waals surface area contributed by atoms with E-state index in [1.807, 2.05) is 6.07 Å². The summed E-state index contributed by atoms with van der Waals surface area (Å²) in [5.74, 6) is -1.02. The summed E-state index contributed by atoms with van der Waals surface area (Å²) in [6, 6.07) is 8.95. The number of hydrogen-bond donors (Lipinski definition) is 2. The van der Waals surface area contributed by atoms with E-state index in [0.29, 0.717) is 5.69 Å². The fourth-order valence-electron chi connectivity index (χ4n) is 0.894. The Balaban J connectivity index is 2.38. The van der Waals surface area contributed by atoms with Crippen LogP contribution in [0.2, 0.25) is 0 Å². The lowest BCUT2D eigenvalue weighted by Gasteiger charge is -2.04. The molecule has 4 heteroatoms. The first-order valence-electron chi connectivity index (χ1n) is 4.06. The number of anilines is 1. The Morgan fingerprint density at radius 2 is 1.86 bits per heavy atom. The van der Waals surface area contributed by atoms with Crippen LogP contribution in [0.4, 0.5) is 5.69 Å². The van der Waals surface area contributed by atoms with E-state index in [0.717, 1.165) is 0 Å². The van der Waals surface area contributed by atoms with Crippen molar-refractivity contribution in [1.82, 2.24) is 5.32 Å². The van der Waals surface area contributed by atoms with Gasteiger partial charge >= 0.3 is 0 Å². The Morgan fingerprint density at radius 1 is 1.21 bits per heavy atom. The standard InChI is InChI=1S/C10H10N2O2/c1-8(13)11-7-10(14)12-9-5-3-2-4-6-9/h1-6H,7H2,(H,11,13)(H,12,14). The number of carbonyl (C=O) groups excluding carboxylic acids is 2. The minimum absolute atomic E-state index is 0.121. The van der Waals surface area contributed by atoms with E-state index in [-0.39, 0.29) is 12.5 Å². The number of benzene rings is 1. The molecular weight excluding hydrogens is 180 g/mol. The van der Waals surface area contributed by atoms with Crippen LogP contribution in [0.15, 0.2) is 30.3 Å². The lowest BCUT2D eigenvalue weighted by molar-refractivity contribution is -0.121. The number of carbonyl (C=O) groups is 2. The molecule has 0 bridgehead atoms. The van der Waals surface area contributed by atoms with Crippen LogP contribution in [0.25, 0.3) is 0 Å². The van der Waals surface area contributed by atoms with E-state index >= 15 is 0 Å². The summed E-state index contributed by atoms with van der Waals surface area (Å²) in [6.45, 7) is 4.68. The van der Waals surface area contributed by atoms with Crippen molar-refractivity contribution in [3.05, 3.63) is 37.3 Å². The summed E-state index contributed by atoms with van der Waals surface area (Å²) in [4.78, 5) is 21.4. The zero-order valence-corrected chi connectivity index (χ0v) is 7.49. The maximum Gasteiger partial charge on any atom is 0.243 e. The van der Waals surface area contributed by atoms with Gasteiger partial charge in [0.2, 0.25) is 11.8 Å². The predicted octanol–water partition coefficient (Wildman–Crippen LogP) is 0.452. The van der Waals surface area contributed by atoms with Crippen LogP contribution in [0.5, 0.6) is 0 Å². The monoisotopic (exact) mass is 190 g/mol. The summed E-state index contributed by atoms with van der Waals surface area (Å²) >= 11 is 0. The molecule has 72 valence electrons. The number of amides is 2. The summed E-state index contributed by atoms with van der Waals surface area (Å²) < 4.78 is 0. The van der Waals surface area contributed by atoms with Gasteiger partial charge in [0.15, 0.2) is 0 Å². The molecule has 2 radical (unpaired) electrons. The van der Waals surface area contributed by atoms with E-state index in [9.17, 15) is 9.59 Å².